The van der Waals surface area contributed by atoms with Gasteiger partial charge >= 0.3 is 0 Å². The predicted octanol–water partition coefficient (Wildman–Crippen LogP) is 2.63. The van der Waals surface area contributed by atoms with Crippen LogP contribution >= 0.6 is 0 Å². The molecule has 0 aliphatic carbocycles. The molecule has 2 aromatic rings. The van der Waals surface area contributed by atoms with Crippen molar-refractivity contribution in [3.8, 4) is 0 Å². The highest BCUT2D eigenvalue weighted by Gasteiger charge is 2.25. The Morgan fingerprint density at radius 2 is 2.03 bits per heavy atom. The number of anilines is 3. The van der Waals surface area contributed by atoms with Gasteiger partial charge in [-0.15, -0.1) is 0 Å². The average Bonchev–Trinajstić information content (AvgIpc) is 3.24. The number of nitrogens with zero attached hydrogens (tertiary/aromatic N) is 2. The Kier molecular flexibility index (Phi) is 6.44. The van der Waals surface area contributed by atoms with E-state index in [0.29, 0.717) is 24.5 Å². The zero-order chi connectivity index (χ0) is 20.9. The third-order valence-electron chi connectivity index (χ3n) is 5.75. The summed E-state index contributed by atoms with van der Waals surface area (Å²) in [5.41, 5.74) is 8.43. The van der Waals surface area contributed by atoms with Gasteiger partial charge in [0.15, 0.2) is 0 Å². The molecule has 2 fully saturated rings. The maximum Gasteiger partial charge on any atom is 0.252 e. The number of benzene rings is 1. The number of piperidine rings is 1. The lowest BCUT2D eigenvalue weighted by atomic mass is 10.0. The molecule has 0 spiro atoms. The molecule has 160 valence electrons. The largest absolute Gasteiger partial charge is 0.378 e. The number of primary amides is 1. The molecule has 2 saturated heterocycles. The van der Waals surface area contributed by atoms with Crippen LogP contribution in [-0.2, 0) is 6.54 Å². The minimum absolute atomic E-state index is 0.257. The smallest absolute Gasteiger partial charge is 0.252 e. The van der Waals surface area contributed by atoms with E-state index in [0.717, 1.165) is 18.8 Å². The second-order valence-electron chi connectivity index (χ2n) is 8.04. The first kappa shape index (κ1) is 20.6. The summed E-state index contributed by atoms with van der Waals surface area (Å²) in [4.78, 5) is 18.6. The van der Waals surface area contributed by atoms with Gasteiger partial charge in [0.25, 0.3) is 5.91 Å². The molecule has 2 aliphatic heterocycles. The summed E-state index contributed by atoms with van der Waals surface area (Å²) in [6.45, 7) is 4.33. The quantitative estimate of drug-likeness (QED) is 0.559. The molecule has 8 heteroatoms. The Balaban J connectivity index is 1.46. The number of halogens is 1. The minimum atomic E-state index is -1.03. The first-order chi connectivity index (χ1) is 14.6. The molecular weight excluding hydrogens is 383 g/mol. The van der Waals surface area contributed by atoms with Gasteiger partial charge in [0.1, 0.15) is 12.0 Å². The summed E-state index contributed by atoms with van der Waals surface area (Å²) >= 11 is 0. The van der Waals surface area contributed by atoms with Crippen LogP contribution in [0.3, 0.4) is 0 Å². The normalized spacial score (nSPS) is 22.0. The molecular formula is C22H29FN6O. The molecule has 1 aromatic carbocycles. The fourth-order valence-corrected chi connectivity index (χ4v) is 4.06. The number of carbonyl (C=O) groups excluding carboxylic acids is 1. The van der Waals surface area contributed by atoms with E-state index >= 15 is 0 Å². The molecule has 0 saturated carbocycles. The second-order valence-corrected chi connectivity index (χ2v) is 8.04. The number of nitrogens with two attached hydrogens (primary N) is 1. The van der Waals surface area contributed by atoms with Crippen LogP contribution < -0.4 is 21.7 Å². The molecule has 0 unspecified atom stereocenters. The third-order valence-corrected chi connectivity index (χ3v) is 5.75. The highest BCUT2D eigenvalue weighted by atomic mass is 19.1. The van der Waals surface area contributed by atoms with Gasteiger partial charge < -0.3 is 21.7 Å². The fourth-order valence-electron chi connectivity index (χ4n) is 4.06. The standard InChI is InChI=1S/C22H29FN6O/c23-18-13-25-8-7-19(18)28-20-11-21(26-12-17(20)22(24)30)27-16-5-3-15(4-6-16)14-29-9-1-2-10-29/h3-6,11-12,18-19,25H,1-2,7-10,13-14H2,(H2,24,30)(H2,26,27,28)/t18-,19+/m0/s1. The summed E-state index contributed by atoms with van der Waals surface area (Å²) in [7, 11) is 0. The van der Waals surface area contributed by atoms with Crippen molar-refractivity contribution in [1.29, 1.82) is 0 Å². The zero-order valence-electron chi connectivity index (χ0n) is 17.0. The van der Waals surface area contributed by atoms with Gasteiger partial charge in [-0.3, -0.25) is 9.69 Å². The van der Waals surface area contributed by atoms with E-state index in [2.05, 4.69) is 38.0 Å². The lowest BCUT2D eigenvalue weighted by Gasteiger charge is -2.29. The van der Waals surface area contributed by atoms with E-state index in [1.165, 1.54) is 37.7 Å². The molecule has 1 aromatic heterocycles. The first-order valence-electron chi connectivity index (χ1n) is 10.6. The van der Waals surface area contributed by atoms with Crippen LogP contribution in [0.25, 0.3) is 0 Å². The number of nitrogens with one attached hydrogen (secondary N) is 3. The molecule has 2 aliphatic rings. The molecule has 2 atom stereocenters. The molecule has 4 rings (SSSR count). The van der Waals surface area contributed by atoms with Gasteiger partial charge in [0.2, 0.25) is 0 Å². The van der Waals surface area contributed by atoms with Crippen LogP contribution in [0.15, 0.2) is 36.5 Å². The SMILES string of the molecule is NC(=O)c1cnc(Nc2ccc(CN3CCCC3)cc2)cc1N[C@@H]1CCNC[C@@H]1F. The maximum atomic E-state index is 14.2. The topological polar surface area (TPSA) is 95.3 Å². The van der Waals surface area contributed by atoms with E-state index < -0.39 is 12.1 Å². The number of hydrogen-bond acceptors (Lipinski definition) is 6. The summed E-state index contributed by atoms with van der Waals surface area (Å²) < 4.78 is 14.2. The van der Waals surface area contributed by atoms with Crippen molar-refractivity contribution in [2.24, 2.45) is 5.73 Å². The number of hydrogen-bond donors (Lipinski definition) is 4. The first-order valence-corrected chi connectivity index (χ1v) is 10.6. The summed E-state index contributed by atoms with van der Waals surface area (Å²) in [6, 6.07) is 9.61. The van der Waals surface area contributed by atoms with Crippen molar-refractivity contribution in [2.75, 3.05) is 36.8 Å². The number of aromatic nitrogens is 1. The maximum absolute atomic E-state index is 14.2. The summed E-state index contributed by atoms with van der Waals surface area (Å²) in [6.07, 6.45) is 3.59. The Morgan fingerprint density at radius 1 is 1.27 bits per heavy atom. The van der Waals surface area contributed by atoms with Gasteiger partial charge in [-0.05, 0) is 56.6 Å². The van der Waals surface area contributed by atoms with E-state index in [4.69, 9.17) is 5.73 Å². The lowest BCUT2D eigenvalue weighted by Crippen LogP contribution is -2.45. The Bertz CT molecular complexity index is 868. The van der Waals surface area contributed by atoms with Crippen LogP contribution in [0.2, 0.25) is 0 Å². The number of carbonyl (C=O) groups is 1. The van der Waals surface area contributed by atoms with Crippen LogP contribution in [0.4, 0.5) is 21.6 Å². The van der Waals surface area contributed by atoms with E-state index in [9.17, 15) is 9.18 Å². The number of alkyl halides is 1. The lowest BCUT2D eigenvalue weighted by molar-refractivity contribution is 0.100. The highest BCUT2D eigenvalue weighted by Crippen LogP contribution is 2.25. The van der Waals surface area contributed by atoms with Crippen molar-refractivity contribution in [1.82, 2.24) is 15.2 Å². The molecule has 0 radical (unpaired) electrons. The van der Waals surface area contributed by atoms with E-state index in [1.54, 1.807) is 6.07 Å². The third kappa shape index (κ3) is 5.06. The molecule has 7 nitrogen and oxygen atoms in total. The fraction of sp³-hybridized carbons (Fsp3) is 0.455. The van der Waals surface area contributed by atoms with Gasteiger partial charge in [-0.1, -0.05) is 12.1 Å². The van der Waals surface area contributed by atoms with Crippen LogP contribution in [0, 0.1) is 0 Å². The summed E-state index contributed by atoms with van der Waals surface area (Å²) in [5, 5.41) is 9.44. The van der Waals surface area contributed by atoms with Gasteiger partial charge in [0.05, 0.1) is 17.3 Å². The zero-order valence-corrected chi connectivity index (χ0v) is 17.0. The van der Waals surface area contributed by atoms with Gasteiger partial charge in [-0.2, -0.15) is 0 Å². The molecule has 30 heavy (non-hydrogen) atoms. The monoisotopic (exact) mass is 412 g/mol. The molecule has 5 N–H and O–H groups in total. The summed E-state index contributed by atoms with van der Waals surface area (Å²) in [5.74, 6) is -0.0220. The Labute approximate surface area is 176 Å². The second kappa shape index (κ2) is 9.40. The number of amides is 1. The number of rotatable bonds is 7. The minimum Gasteiger partial charge on any atom is -0.378 e. The predicted molar refractivity (Wildman–Crippen MR) is 117 cm³/mol. The number of likely N-dealkylation sites (tertiary alicyclic amines) is 1. The van der Waals surface area contributed by atoms with Crippen molar-refractivity contribution in [2.45, 2.75) is 38.0 Å². The molecule has 0 bridgehead atoms. The number of pyridine rings is 1. The Hall–Kier alpha value is -2.71. The van der Waals surface area contributed by atoms with Crippen LogP contribution in [0.1, 0.15) is 35.2 Å². The van der Waals surface area contributed by atoms with Crippen LogP contribution in [0.5, 0.6) is 0 Å². The van der Waals surface area contributed by atoms with E-state index in [-0.39, 0.29) is 11.6 Å². The van der Waals surface area contributed by atoms with Gasteiger partial charge in [-0.25, -0.2) is 9.37 Å². The van der Waals surface area contributed by atoms with Crippen molar-refractivity contribution < 1.29 is 9.18 Å². The molecule has 3 heterocycles. The average molecular weight is 413 g/mol. The van der Waals surface area contributed by atoms with Crippen molar-refractivity contribution >= 4 is 23.1 Å². The molecule has 1 amide bonds. The van der Waals surface area contributed by atoms with Crippen LogP contribution in [-0.4, -0.2) is 54.2 Å². The van der Waals surface area contributed by atoms with Crippen molar-refractivity contribution in [3.05, 3.63) is 47.7 Å². The highest BCUT2D eigenvalue weighted by molar-refractivity contribution is 5.98. The Morgan fingerprint density at radius 3 is 2.73 bits per heavy atom. The van der Waals surface area contributed by atoms with E-state index in [1.807, 2.05) is 12.1 Å². The van der Waals surface area contributed by atoms with Gasteiger partial charge in [0, 0.05) is 31.0 Å². The van der Waals surface area contributed by atoms with Crippen molar-refractivity contribution in [3.63, 3.8) is 0 Å².